The van der Waals surface area contributed by atoms with Gasteiger partial charge in [0.2, 0.25) is 0 Å². The van der Waals surface area contributed by atoms with E-state index in [2.05, 4.69) is 6.58 Å². The predicted octanol–water partition coefficient (Wildman–Crippen LogP) is 1.99. The fourth-order valence-corrected chi connectivity index (χ4v) is 2.94. The van der Waals surface area contributed by atoms with Gasteiger partial charge in [0.15, 0.2) is 0 Å². The highest BCUT2D eigenvalue weighted by molar-refractivity contribution is 6.09. The van der Waals surface area contributed by atoms with Crippen molar-refractivity contribution in [1.82, 2.24) is 4.90 Å². The van der Waals surface area contributed by atoms with Crippen molar-refractivity contribution >= 4 is 11.6 Å². The quantitative estimate of drug-likeness (QED) is 0.799. The minimum Gasteiger partial charge on any atom is -0.326 e. The molecule has 0 aromatic heterocycles. The average Bonchev–Trinajstić information content (AvgIpc) is 2.84. The second-order valence-electron chi connectivity index (χ2n) is 4.83. The molecule has 1 saturated carbocycles. The number of carbonyl (C=O) groups is 1. The van der Waals surface area contributed by atoms with Crippen LogP contribution in [-0.4, -0.2) is 22.9 Å². The van der Waals surface area contributed by atoms with Gasteiger partial charge in [-0.05, 0) is 25.3 Å². The SMILES string of the molecule is C=C1c2ccccc2C(=O)N1C1CCCC1N. The van der Waals surface area contributed by atoms with Crippen molar-refractivity contribution in [3.8, 4) is 0 Å². The highest BCUT2D eigenvalue weighted by Gasteiger charge is 2.39. The summed E-state index contributed by atoms with van der Waals surface area (Å²) >= 11 is 0. The van der Waals surface area contributed by atoms with Crippen molar-refractivity contribution in [3.63, 3.8) is 0 Å². The van der Waals surface area contributed by atoms with E-state index >= 15 is 0 Å². The standard InChI is InChI=1S/C14H16N2O/c1-9-10-5-2-3-6-11(10)14(17)16(9)13-8-4-7-12(13)15/h2-3,5-6,12-13H,1,4,7-8,15H2. The Morgan fingerprint density at radius 2 is 1.94 bits per heavy atom. The van der Waals surface area contributed by atoms with E-state index < -0.39 is 0 Å². The van der Waals surface area contributed by atoms with Crippen LogP contribution in [0.25, 0.3) is 5.70 Å². The van der Waals surface area contributed by atoms with Gasteiger partial charge in [0.05, 0.1) is 6.04 Å². The van der Waals surface area contributed by atoms with E-state index in [1.807, 2.05) is 29.2 Å². The molecule has 1 amide bonds. The minimum atomic E-state index is 0.0629. The van der Waals surface area contributed by atoms with Crippen molar-refractivity contribution < 1.29 is 4.79 Å². The zero-order valence-corrected chi connectivity index (χ0v) is 9.73. The van der Waals surface area contributed by atoms with E-state index in [1.165, 1.54) is 0 Å². The molecule has 1 aromatic carbocycles. The Balaban J connectivity index is 2.00. The lowest BCUT2D eigenvalue weighted by atomic mass is 10.1. The molecule has 2 atom stereocenters. The zero-order chi connectivity index (χ0) is 12.0. The van der Waals surface area contributed by atoms with Crippen LogP contribution in [0.15, 0.2) is 30.8 Å². The highest BCUT2D eigenvalue weighted by atomic mass is 16.2. The molecule has 2 N–H and O–H groups in total. The lowest BCUT2D eigenvalue weighted by Crippen LogP contribution is -2.43. The fourth-order valence-electron chi connectivity index (χ4n) is 2.94. The van der Waals surface area contributed by atoms with Crippen molar-refractivity contribution in [1.29, 1.82) is 0 Å². The van der Waals surface area contributed by atoms with Crippen molar-refractivity contribution in [2.75, 3.05) is 0 Å². The van der Waals surface area contributed by atoms with Gasteiger partial charge in [-0.3, -0.25) is 4.79 Å². The number of rotatable bonds is 1. The molecule has 1 aliphatic heterocycles. The summed E-state index contributed by atoms with van der Waals surface area (Å²) in [4.78, 5) is 14.2. The number of amides is 1. The Kier molecular flexibility index (Phi) is 2.30. The molecule has 1 aromatic rings. The van der Waals surface area contributed by atoms with Crippen LogP contribution in [0.2, 0.25) is 0 Å². The third-order valence-electron chi connectivity index (χ3n) is 3.84. The summed E-state index contributed by atoms with van der Waals surface area (Å²) in [5.41, 5.74) is 8.61. The van der Waals surface area contributed by atoms with E-state index in [0.29, 0.717) is 0 Å². The Hall–Kier alpha value is -1.61. The maximum atomic E-state index is 12.3. The van der Waals surface area contributed by atoms with Crippen LogP contribution >= 0.6 is 0 Å². The molecule has 0 bridgehead atoms. The van der Waals surface area contributed by atoms with Crippen LogP contribution in [0.5, 0.6) is 0 Å². The molecule has 0 spiro atoms. The Bertz CT molecular complexity index is 460. The maximum absolute atomic E-state index is 12.3. The van der Waals surface area contributed by atoms with Crippen molar-refractivity contribution in [2.24, 2.45) is 5.73 Å². The third-order valence-corrected chi connectivity index (χ3v) is 3.84. The van der Waals surface area contributed by atoms with Gasteiger partial charge >= 0.3 is 0 Å². The smallest absolute Gasteiger partial charge is 0.259 e. The molecule has 17 heavy (non-hydrogen) atoms. The first-order valence-corrected chi connectivity index (χ1v) is 6.07. The molecule has 0 radical (unpaired) electrons. The van der Waals surface area contributed by atoms with E-state index in [0.717, 1.165) is 36.1 Å². The molecular formula is C14H16N2O. The molecule has 2 aliphatic rings. The molecule has 1 aliphatic carbocycles. The first kappa shape index (κ1) is 10.5. The minimum absolute atomic E-state index is 0.0629. The molecule has 1 heterocycles. The largest absolute Gasteiger partial charge is 0.326 e. The summed E-state index contributed by atoms with van der Waals surface area (Å²) in [7, 11) is 0. The van der Waals surface area contributed by atoms with Gasteiger partial charge < -0.3 is 10.6 Å². The predicted molar refractivity (Wildman–Crippen MR) is 67.3 cm³/mol. The van der Waals surface area contributed by atoms with Gasteiger partial charge in [-0.2, -0.15) is 0 Å². The van der Waals surface area contributed by atoms with Crippen LogP contribution in [-0.2, 0) is 0 Å². The lowest BCUT2D eigenvalue weighted by Gasteiger charge is -2.28. The van der Waals surface area contributed by atoms with Crippen LogP contribution in [0.4, 0.5) is 0 Å². The van der Waals surface area contributed by atoms with Crippen LogP contribution in [0.1, 0.15) is 35.2 Å². The average molecular weight is 228 g/mol. The summed E-state index contributed by atoms with van der Waals surface area (Å²) in [6.45, 7) is 4.06. The summed E-state index contributed by atoms with van der Waals surface area (Å²) < 4.78 is 0. The fraction of sp³-hybridized carbons (Fsp3) is 0.357. The molecular weight excluding hydrogens is 212 g/mol. The van der Waals surface area contributed by atoms with E-state index in [1.54, 1.807) is 0 Å². The summed E-state index contributed by atoms with van der Waals surface area (Å²) in [6.07, 6.45) is 3.08. The van der Waals surface area contributed by atoms with Crippen LogP contribution in [0.3, 0.4) is 0 Å². The van der Waals surface area contributed by atoms with E-state index in [-0.39, 0.29) is 18.0 Å². The van der Waals surface area contributed by atoms with Gasteiger partial charge in [-0.1, -0.05) is 24.8 Å². The second-order valence-corrected chi connectivity index (χ2v) is 4.83. The molecule has 2 unspecified atom stereocenters. The van der Waals surface area contributed by atoms with E-state index in [4.69, 9.17) is 5.73 Å². The molecule has 88 valence electrons. The van der Waals surface area contributed by atoms with Crippen molar-refractivity contribution in [2.45, 2.75) is 31.3 Å². The molecule has 3 heteroatoms. The number of carbonyl (C=O) groups excluding carboxylic acids is 1. The number of fused-ring (bicyclic) bond motifs is 1. The Labute approximate surface area is 101 Å². The first-order valence-electron chi connectivity index (χ1n) is 6.07. The van der Waals surface area contributed by atoms with Gasteiger partial charge in [-0.15, -0.1) is 0 Å². The highest BCUT2D eigenvalue weighted by Crippen LogP contribution is 2.37. The summed E-state index contributed by atoms with van der Waals surface area (Å²) in [5.74, 6) is 0.0629. The van der Waals surface area contributed by atoms with Crippen molar-refractivity contribution in [3.05, 3.63) is 42.0 Å². The van der Waals surface area contributed by atoms with Gasteiger partial charge in [-0.25, -0.2) is 0 Å². The topological polar surface area (TPSA) is 46.3 Å². The Morgan fingerprint density at radius 1 is 1.24 bits per heavy atom. The number of hydrogen-bond acceptors (Lipinski definition) is 2. The first-order chi connectivity index (χ1) is 8.20. The molecule has 1 fully saturated rings. The lowest BCUT2D eigenvalue weighted by molar-refractivity contribution is 0.0798. The third kappa shape index (κ3) is 1.42. The van der Waals surface area contributed by atoms with Gasteiger partial charge in [0, 0.05) is 22.9 Å². The molecule has 0 saturated heterocycles. The number of benzene rings is 1. The number of nitrogens with two attached hydrogens (primary N) is 1. The Morgan fingerprint density at radius 3 is 2.53 bits per heavy atom. The second kappa shape index (κ2) is 3.70. The van der Waals surface area contributed by atoms with Gasteiger partial charge in [0.1, 0.15) is 0 Å². The molecule has 3 nitrogen and oxygen atoms in total. The molecule has 3 rings (SSSR count). The monoisotopic (exact) mass is 228 g/mol. The summed E-state index contributed by atoms with van der Waals surface area (Å²) in [5, 5.41) is 0. The zero-order valence-electron chi connectivity index (χ0n) is 9.73. The van der Waals surface area contributed by atoms with E-state index in [9.17, 15) is 4.79 Å². The van der Waals surface area contributed by atoms with Gasteiger partial charge in [0.25, 0.3) is 5.91 Å². The number of hydrogen-bond donors (Lipinski definition) is 1. The maximum Gasteiger partial charge on any atom is 0.259 e. The summed E-state index contributed by atoms with van der Waals surface area (Å²) in [6, 6.07) is 7.86. The number of nitrogens with zero attached hydrogens (tertiary/aromatic N) is 1. The van der Waals surface area contributed by atoms with Crippen LogP contribution in [0, 0.1) is 0 Å². The van der Waals surface area contributed by atoms with Crippen LogP contribution < -0.4 is 5.73 Å². The normalized spacial score (nSPS) is 27.7.